The number of benzene rings is 5. The molecule has 11 nitrogen and oxygen atoms in total. The quantitative estimate of drug-likeness (QED) is 0.0710. The summed E-state index contributed by atoms with van der Waals surface area (Å²) in [7, 11) is -10.9. The van der Waals surface area contributed by atoms with E-state index >= 15 is 0 Å². The molecule has 5 aromatic carbocycles. The van der Waals surface area contributed by atoms with E-state index in [1.165, 1.54) is 23.9 Å². The number of hydrogen-bond acceptors (Lipinski definition) is 11. The number of carbonyl (C=O) groups excluding carboxylic acids is 1. The van der Waals surface area contributed by atoms with Crippen molar-refractivity contribution in [2.75, 3.05) is 61.8 Å². The Hall–Kier alpha value is -4.62. The van der Waals surface area contributed by atoms with Gasteiger partial charge in [0, 0.05) is 78.8 Å². The molecular formula is C46H49ClF3N5O6S3. The topological polar surface area (TPSA) is 148 Å². The maximum Gasteiger partial charge on any atom is 0.501 e. The molecule has 5 aromatic rings. The number of aliphatic hydroxyl groups is 1. The summed E-state index contributed by atoms with van der Waals surface area (Å²) in [5, 5.41) is 18.4. The number of rotatable bonds is 16. The summed E-state index contributed by atoms with van der Waals surface area (Å²) in [5.41, 5.74) is -2.70. The van der Waals surface area contributed by atoms with Crippen molar-refractivity contribution in [2.24, 2.45) is 5.92 Å². The number of sulfonamides is 1. The molecule has 1 amide bonds. The number of carbonyl (C=O) groups is 1. The molecule has 0 aromatic heterocycles. The third-order valence-corrected chi connectivity index (χ3v) is 15.8. The number of nitrogens with one attached hydrogen (secondary N) is 3. The van der Waals surface area contributed by atoms with Crippen molar-refractivity contribution in [1.29, 1.82) is 0 Å². The largest absolute Gasteiger partial charge is 0.501 e. The first kappa shape index (κ1) is 47.3. The molecule has 1 unspecified atom stereocenters. The molecule has 7 rings (SSSR count). The van der Waals surface area contributed by atoms with E-state index in [0.717, 1.165) is 65.6 Å². The number of amides is 1. The van der Waals surface area contributed by atoms with Crippen molar-refractivity contribution in [2.45, 2.75) is 51.6 Å². The summed E-state index contributed by atoms with van der Waals surface area (Å²) in [5.74, 6) is -0.696. The first-order valence-corrected chi connectivity index (χ1v) is 25.2. The van der Waals surface area contributed by atoms with Crippen LogP contribution in [-0.2, 0) is 19.9 Å². The van der Waals surface area contributed by atoms with Crippen LogP contribution in [0, 0.1) is 5.92 Å². The van der Waals surface area contributed by atoms with Gasteiger partial charge in [0.2, 0.25) is 0 Å². The number of anilines is 2. The second-order valence-electron chi connectivity index (χ2n) is 15.8. The molecule has 2 fully saturated rings. The lowest BCUT2D eigenvalue weighted by Crippen LogP contribution is -2.44. The molecule has 18 heteroatoms. The van der Waals surface area contributed by atoms with Crippen molar-refractivity contribution in [3.05, 3.63) is 137 Å². The highest BCUT2D eigenvalue weighted by Gasteiger charge is 2.48. The number of thioether (sulfide) groups is 1. The highest BCUT2D eigenvalue weighted by Crippen LogP contribution is 2.39. The molecule has 0 spiro atoms. The lowest BCUT2D eigenvalue weighted by Gasteiger charge is -2.36. The summed E-state index contributed by atoms with van der Waals surface area (Å²) in [6.07, 6.45) is 1.12. The van der Waals surface area contributed by atoms with Gasteiger partial charge in [-0.3, -0.25) is 4.79 Å². The van der Waals surface area contributed by atoms with Crippen LogP contribution in [0.1, 0.15) is 41.3 Å². The molecule has 2 atom stereocenters. The summed E-state index contributed by atoms with van der Waals surface area (Å²) in [6, 6.07) is 32.7. The van der Waals surface area contributed by atoms with Crippen LogP contribution in [0.25, 0.3) is 11.1 Å². The van der Waals surface area contributed by atoms with Crippen LogP contribution in [0.5, 0.6) is 0 Å². The van der Waals surface area contributed by atoms with Gasteiger partial charge in [-0.05, 0) is 109 Å². The van der Waals surface area contributed by atoms with Gasteiger partial charge in [0.1, 0.15) is 4.90 Å². The average Bonchev–Trinajstić information content (AvgIpc) is 3.30. The molecule has 2 heterocycles. The molecule has 2 aliphatic rings. The zero-order valence-electron chi connectivity index (χ0n) is 34.7. The molecule has 0 aliphatic carbocycles. The van der Waals surface area contributed by atoms with E-state index in [0.29, 0.717) is 55.7 Å². The Kier molecular flexibility index (Phi) is 15.3. The molecule has 0 saturated carbocycles. The average molecular weight is 957 g/mol. The molecule has 340 valence electrons. The Labute approximate surface area is 381 Å². The van der Waals surface area contributed by atoms with Crippen molar-refractivity contribution in [3.63, 3.8) is 0 Å². The number of piperidine rings is 1. The van der Waals surface area contributed by atoms with Crippen LogP contribution < -0.4 is 20.3 Å². The van der Waals surface area contributed by atoms with Crippen molar-refractivity contribution in [1.82, 2.24) is 14.9 Å². The molecular weight excluding hydrogens is 907 g/mol. The predicted octanol–water partition coefficient (Wildman–Crippen LogP) is 8.24. The molecule has 2 saturated heterocycles. The number of hydrogen-bond donors (Lipinski definition) is 4. The summed E-state index contributed by atoms with van der Waals surface area (Å²) in [4.78, 5) is 16.4. The Morgan fingerprint density at radius 3 is 2.17 bits per heavy atom. The maximum absolute atomic E-state index is 14.2. The summed E-state index contributed by atoms with van der Waals surface area (Å²) < 4.78 is 97.5. The minimum absolute atomic E-state index is 0.0149. The first-order valence-electron chi connectivity index (χ1n) is 20.9. The highest BCUT2D eigenvalue weighted by atomic mass is 35.5. The Bertz CT molecular complexity index is 2590. The lowest BCUT2D eigenvalue weighted by atomic mass is 9.84. The number of sulfone groups is 1. The molecule has 4 N–H and O–H groups in total. The summed E-state index contributed by atoms with van der Waals surface area (Å²) >= 11 is 7.55. The van der Waals surface area contributed by atoms with Crippen LogP contribution in [-0.4, -0.2) is 95.9 Å². The normalized spacial score (nSPS) is 16.5. The number of alkyl halides is 3. The van der Waals surface area contributed by atoms with Crippen molar-refractivity contribution in [3.8, 4) is 11.1 Å². The number of halogens is 4. The predicted molar refractivity (Wildman–Crippen MR) is 246 cm³/mol. The van der Waals surface area contributed by atoms with Gasteiger partial charge in [0.25, 0.3) is 25.8 Å². The van der Waals surface area contributed by atoms with Gasteiger partial charge in [-0.15, -0.1) is 11.8 Å². The van der Waals surface area contributed by atoms with E-state index in [9.17, 15) is 39.9 Å². The number of piperazine rings is 1. The van der Waals surface area contributed by atoms with Gasteiger partial charge in [0.15, 0.2) is 0 Å². The van der Waals surface area contributed by atoms with Crippen LogP contribution in [0.15, 0.2) is 136 Å². The molecule has 2 aliphatic heterocycles. The monoisotopic (exact) mass is 955 g/mol. The smallest absolute Gasteiger partial charge is 0.388 e. The fourth-order valence-electron chi connectivity index (χ4n) is 7.98. The first-order chi connectivity index (χ1) is 30.6. The van der Waals surface area contributed by atoms with Crippen LogP contribution in [0.3, 0.4) is 0 Å². The van der Waals surface area contributed by atoms with E-state index in [2.05, 4.69) is 20.4 Å². The van der Waals surface area contributed by atoms with E-state index in [1.807, 2.05) is 83.6 Å². The third-order valence-electron chi connectivity index (χ3n) is 11.6. The number of aliphatic hydroxyl groups excluding tert-OH is 1. The Morgan fingerprint density at radius 1 is 0.844 bits per heavy atom. The van der Waals surface area contributed by atoms with Gasteiger partial charge in [-0.25, -0.2) is 21.6 Å². The van der Waals surface area contributed by atoms with Gasteiger partial charge in [-0.1, -0.05) is 66.2 Å². The SMILES string of the molecule is O=C(NS(=O)(=O)c1ccc(NC(CCN2CCNCC2)CSc2ccccc2)c(S(=O)(=O)C(F)(F)F)c1)c1ccc(N2CCC([C@@H](O)c3ccccc3-c3ccc(Cl)cc3)CC2)cc1. The second-order valence-corrected chi connectivity index (χ2v) is 20.9. The summed E-state index contributed by atoms with van der Waals surface area (Å²) in [6.45, 7) is 4.96. The van der Waals surface area contributed by atoms with Crippen LogP contribution in [0.4, 0.5) is 24.5 Å². The number of nitrogens with zero attached hydrogens (tertiary/aromatic N) is 2. The Morgan fingerprint density at radius 2 is 1.50 bits per heavy atom. The van der Waals surface area contributed by atoms with Crippen molar-refractivity contribution >= 4 is 60.5 Å². The van der Waals surface area contributed by atoms with Gasteiger partial charge in [-0.2, -0.15) is 13.2 Å². The van der Waals surface area contributed by atoms with E-state index in [1.54, 1.807) is 12.1 Å². The van der Waals surface area contributed by atoms with Gasteiger partial charge >= 0.3 is 5.51 Å². The zero-order chi connectivity index (χ0) is 45.5. The van der Waals surface area contributed by atoms with Gasteiger partial charge < -0.3 is 25.5 Å². The van der Waals surface area contributed by atoms with E-state index in [-0.39, 0.29) is 11.5 Å². The minimum Gasteiger partial charge on any atom is -0.388 e. The highest BCUT2D eigenvalue weighted by molar-refractivity contribution is 7.99. The third kappa shape index (κ3) is 11.6. The molecule has 64 heavy (non-hydrogen) atoms. The van der Waals surface area contributed by atoms with E-state index < -0.39 is 58.9 Å². The molecule has 0 radical (unpaired) electrons. The van der Waals surface area contributed by atoms with Gasteiger partial charge in [0.05, 0.1) is 16.7 Å². The maximum atomic E-state index is 14.2. The minimum atomic E-state index is -6.06. The Balaban J connectivity index is 1.02. The van der Waals surface area contributed by atoms with Crippen molar-refractivity contribution < 1.29 is 39.9 Å². The lowest BCUT2D eigenvalue weighted by molar-refractivity contribution is -0.0435. The standard InChI is InChI=1S/C46H49ClF3N5O6S3/c47-35-14-10-32(11-15-35)40-8-4-5-9-41(40)44(56)33-20-26-55(27-21-33)37-16-12-34(13-17-37)45(57)53-64(60,61)39-18-19-42(43(30-39)63(58,59)46(48,49)50)52-36(22-25-54-28-23-51-24-29-54)31-62-38-6-2-1-3-7-38/h1-19,30,33,36,44,51-52,56H,20-29,31H2,(H,53,57)/t36?,44-/m1/s1. The zero-order valence-corrected chi connectivity index (χ0v) is 37.9. The van der Waals surface area contributed by atoms with Crippen LogP contribution >= 0.6 is 23.4 Å². The fraction of sp³-hybridized carbons (Fsp3) is 0.326. The van der Waals surface area contributed by atoms with Crippen LogP contribution in [0.2, 0.25) is 5.02 Å². The molecule has 0 bridgehead atoms. The second kappa shape index (κ2) is 20.7. The fourth-order valence-corrected chi connectivity index (χ4v) is 11.1. The van der Waals surface area contributed by atoms with E-state index in [4.69, 9.17) is 11.6 Å².